The first-order valence-corrected chi connectivity index (χ1v) is 13.7. The summed E-state index contributed by atoms with van der Waals surface area (Å²) in [6.45, 7) is 14.8. The minimum absolute atomic E-state index is 0.890. The normalized spacial score (nSPS) is 18.9. The van der Waals surface area contributed by atoms with Crippen LogP contribution in [0.2, 0.25) is 0 Å². The number of nitrogens with one attached hydrogen (secondary N) is 1. The number of rotatable bonds is 7. The monoisotopic (exact) mass is 522 g/mol. The Hall–Kier alpha value is -4.82. The van der Waals surface area contributed by atoms with Gasteiger partial charge >= 0.3 is 0 Å². The summed E-state index contributed by atoms with van der Waals surface area (Å²) in [7, 11) is 0. The lowest BCUT2D eigenvalue weighted by Crippen LogP contribution is -2.14. The SMILES string of the molecule is C=C1/C=C\C=C(\c2cccc(Nc3ccccc3/C(C)=C/C=C\CC)c2)N(c2ccccc2)/C=C\C(C)=C/C1=C. The van der Waals surface area contributed by atoms with Crippen molar-refractivity contribution in [3.63, 3.8) is 0 Å². The van der Waals surface area contributed by atoms with Gasteiger partial charge in [0.1, 0.15) is 0 Å². The lowest BCUT2D eigenvalue weighted by molar-refractivity contribution is 1.22. The van der Waals surface area contributed by atoms with Gasteiger partial charge in [-0.05, 0) is 85.0 Å². The van der Waals surface area contributed by atoms with E-state index in [1.165, 1.54) is 11.1 Å². The number of anilines is 3. The Morgan fingerprint density at radius 2 is 1.68 bits per heavy atom. The molecule has 0 aromatic heterocycles. The van der Waals surface area contributed by atoms with Crippen molar-refractivity contribution in [3.05, 3.63) is 175 Å². The molecule has 1 aliphatic heterocycles. The summed E-state index contributed by atoms with van der Waals surface area (Å²) < 4.78 is 0. The van der Waals surface area contributed by atoms with Crippen LogP contribution in [0.3, 0.4) is 0 Å². The topological polar surface area (TPSA) is 15.3 Å². The van der Waals surface area contributed by atoms with Crippen LogP contribution < -0.4 is 10.2 Å². The highest BCUT2D eigenvalue weighted by Crippen LogP contribution is 2.32. The van der Waals surface area contributed by atoms with Crippen LogP contribution in [0.1, 0.15) is 38.3 Å². The molecule has 2 nitrogen and oxygen atoms in total. The second-order valence-electron chi connectivity index (χ2n) is 9.81. The molecule has 1 N–H and O–H groups in total. The Kier molecular flexibility index (Phi) is 9.74. The summed E-state index contributed by atoms with van der Waals surface area (Å²) in [4.78, 5) is 2.22. The van der Waals surface area contributed by atoms with Gasteiger partial charge < -0.3 is 10.2 Å². The van der Waals surface area contributed by atoms with E-state index >= 15 is 0 Å². The molecule has 0 saturated carbocycles. The zero-order valence-corrected chi connectivity index (χ0v) is 23.8. The molecule has 0 radical (unpaired) electrons. The van der Waals surface area contributed by atoms with Crippen molar-refractivity contribution in [2.24, 2.45) is 0 Å². The lowest BCUT2D eigenvalue weighted by atomic mass is 10.0. The number of hydrogen-bond acceptors (Lipinski definition) is 2. The smallest absolute Gasteiger partial charge is 0.0528 e. The van der Waals surface area contributed by atoms with Gasteiger partial charge in [0.05, 0.1) is 5.70 Å². The fourth-order valence-corrected chi connectivity index (χ4v) is 4.47. The number of hydrogen-bond donors (Lipinski definition) is 1. The second-order valence-corrected chi connectivity index (χ2v) is 9.81. The highest BCUT2D eigenvalue weighted by atomic mass is 15.1. The van der Waals surface area contributed by atoms with Gasteiger partial charge in [-0.25, -0.2) is 0 Å². The molecule has 0 unspecified atom stereocenters. The lowest BCUT2D eigenvalue weighted by Gasteiger charge is -2.25. The number of benzene rings is 3. The van der Waals surface area contributed by atoms with Gasteiger partial charge in [-0.1, -0.05) is 105 Å². The molecule has 0 saturated heterocycles. The van der Waals surface area contributed by atoms with E-state index in [1.807, 2.05) is 12.1 Å². The first-order valence-electron chi connectivity index (χ1n) is 13.7. The van der Waals surface area contributed by atoms with Crippen molar-refractivity contribution >= 4 is 28.3 Å². The van der Waals surface area contributed by atoms with Gasteiger partial charge in [0.2, 0.25) is 0 Å². The van der Waals surface area contributed by atoms with Gasteiger partial charge in [0.15, 0.2) is 0 Å². The first kappa shape index (κ1) is 28.2. The van der Waals surface area contributed by atoms with Crippen molar-refractivity contribution in [2.45, 2.75) is 27.2 Å². The summed E-state index contributed by atoms with van der Waals surface area (Å²) in [5.74, 6) is 0. The minimum atomic E-state index is 0.890. The van der Waals surface area contributed by atoms with Crippen LogP contribution in [0.15, 0.2) is 164 Å². The maximum absolute atomic E-state index is 4.20. The average molecular weight is 523 g/mol. The van der Waals surface area contributed by atoms with Crippen molar-refractivity contribution in [3.8, 4) is 0 Å². The van der Waals surface area contributed by atoms with Gasteiger partial charge in [-0.15, -0.1) is 0 Å². The van der Waals surface area contributed by atoms with E-state index in [4.69, 9.17) is 0 Å². The van der Waals surface area contributed by atoms with E-state index in [2.05, 4.69) is 166 Å². The number of allylic oxidation sites excluding steroid dienone is 12. The van der Waals surface area contributed by atoms with Gasteiger partial charge in [0.25, 0.3) is 0 Å². The highest BCUT2D eigenvalue weighted by molar-refractivity contribution is 5.85. The third kappa shape index (κ3) is 7.39. The van der Waals surface area contributed by atoms with E-state index in [1.54, 1.807) is 0 Å². The molecule has 1 aliphatic rings. The molecule has 4 rings (SSSR count). The molecule has 0 spiro atoms. The largest absolute Gasteiger partial charge is 0.355 e. The van der Waals surface area contributed by atoms with Crippen molar-refractivity contribution < 1.29 is 0 Å². The molecule has 1 heterocycles. The van der Waals surface area contributed by atoms with E-state index in [-0.39, 0.29) is 0 Å². The molecule has 2 heteroatoms. The average Bonchev–Trinajstić information content (AvgIpc) is 2.99. The summed E-state index contributed by atoms with van der Waals surface area (Å²) in [6.07, 6.45) is 20.0. The molecular weight excluding hydrogens is 484 g/mol. The van der Waals surface area contributed by atoms with Crippen LogP contribution >= 0.6 is 0 Å². The molecule has 200 valence electrons. The maximum atomic E-state index is 4.20. The van der Waals surface area contributed by atoms with E-state index in [9.17, 15) is 0 Å². The van der Waals surface area contributed by atoms with Crippen LogP contribution in [-0.2, 0) is 0 Å². The maximum Gasteiger partial charge on any atom is 0.0528 e. The number of nitrogens with zero attached hydrogens (tertiary/aromatic N) is 1. The fourth-order valence-electron chi connectivity index (χ4n) is 4.47. The van der Waals surface area contributed by atoms with E-state index in [0.717, 1.165) is 51.5 Å². The molecule has 0 fully saturated rings. The van der Waals surface area contributed by atoms with Crippen molar-refractivity contribution in [2.75, 3.05) is 10.2 Å². The van der Waals surface area contributed by atoms with Crippen LogP contribution in [0, 0.1) is 0 Å². The Bertz CT molecular complexity index is 1540. The molecule has 3 aromatic carbocycles. The van der Waals surface area contributed by atoms with Gasteiger partial charge in [-0.2, -0.15) is 0 Å². The Balaban J connectivity index is 1.77. The predicted octanol–water partition coefficient (Wildman–Crippen LogP) is 10.8. The zero-order valence-electron chi connectivity index (χ0n) is 23.8. The third-order valence-corrected chi connectivity index (χ3v) is 6.65. The van der Waals surface area contributed by atoms with Crippen molar-refractivity contribution in [1.82, 2.24) is 0 Å². The van der Waals surface area contributed by atoms with E-state index in [0.29, 0.717) is 0 Å². The Morgan fingerprint density at radius 3 is 2.48 bits per heavy atom. The fraction of sp³-hybridized carbons (Fsp3) is 0.105. The molecule has 0 amide bonds. The molecule has 0 atom stereocenters. The minimum Gasteiger partial charge on any atom is -0.355 e. The Labute approximate surface area is 240 Å². The molecule has 0 aliphatic carbocycles. The third-order valence-electron chi connectivity index (χ3n) is 6.65. The van der Waals surface area contributed by atoms with Crippen LogP contribution in [-0.4, -0.2) is 0 Å². The first-order chi connectivity index (χ1) is 19.5. The second kappa shape index (κ2) is 13.8. The van der Waals surface area contributed by atoms with Gasteiger partial charge in [0, 0.05) is 34.4 Å². The standard InChI is InChI=1S/C38H38N2/c1-6-7-9-16-31(4)36-22-12-13-23-37(36)39-34-19-15-18-33(28-34)38-24-14-17-30(3)32(5)27-29(2)25-26-40(38)35-20-10-8-11-21-35/h7-28,39H,3,5-6H2,1-2,4H3/b9-7-,17-14-,26-25-,29-27-,31-16+,38-24-. The summed E-state index contributed by atoms with van der Waals surface area (Å²) in [5, 5.41) is 3.68. The molecule has 3 aromatic rings. The molecule has 0 bridgehead atoms. The van der Waals surface area contributed by atoms with Crippen molar-refractivity contribution in [1.29, 1.82) is 0 Å². The van der Waals surface area contributed by atoms with Crippen LogP contribution in [0.25, 0.3) is 11.3 Å². The number of para-hydroxylation sites is 2. The Morgan fingerprint density at radius 1 is 0.900 bits per heavy atom. The predicted molar refractivity (Wildman–Crippen MR) is 176 cm³/mol. The quantitative estimate of drug-likeness (QED) is 0.310. The highest BCUT2D eigenvalue weighted by Gasteiger charge is 2.13. The summed E-state index contributed by atoms with van der Waals surface area (Å²) >= 11 is 0. The summed E-state index contributed by atoms with van der Waals surface area (Å²) in [6, 6.07) is 27.4. The molecule has 40 heavy (non-hydrogen) atoms. The van der Waals surface area contributed by atoms with Crippen LogP contribution in [0.4, 0.5) is 17.1 Å². The summed E-state index contributed by atoms with van der Waals surface area (Å²) in [5.41, 5.74) is 10.6. The zero-order chi connectivity index (χ0) is 28.3. The van der Waals surface area contributed by atoms with Crippen LogP contribution in [0.5, 0.6) is 0 Å². The molecular formula is C38H38N2. The van der Waals surface area contributed by atoms with Gasteiger partial charge in [-0.3, -0.25) is 0 Å². The van der Waals surface area contributed by atoms with E-state index < -0.39 is 0 Å².